The van der Waals surface area contributed by atoms with Crippen LogP contribution in [0.4, 0.5) is 10.6 Å². The van der Waals surface area contributed by atoms with Crippen LogP contribution in [-0.2, 0) is 4.74 Å². The van der Waals surface area contributed by atoms with Crippen LogP contribution in [0.15, 0.2) is 49.1 Å². The van der Waals surface area contributed by atoms with Gasteiger partial charge in [-0.05, 0) is 18.1 Å². The second kappa shape index (κ2) is 6.45. The summed E-state index contributed by atoms with van der Waals surface area (Å²) in [4.78, 5) is 22.6. The number of aromatic nitrogens is 6. The Hall–Kier alpha value is -3.75. The number of fused-ring (bicyclic) bond motifs is 1. The third-order valence-electron chi connectivity index (χ3n) is 4.90. The van der Waals surface area contributed by atoms with Gasteiger partial charge >= 0.3 is 6.09 Å². The second-order valence-electron chi connectivity index (χ2n) is 6.52. The predicted molar refractivity (Wildman–Crippen MR) is 102 cm³/mol. The molecule has 1 fully saturated rings. The fraction of sp³-hybridized carbons (Fsp3) is 0.211. The van der Waals surface area contributed by atoms with Crippen molar-refractivity contribution in [2.45, 2.75) is 19.4 Å². The van der Waals surface area contributed by atoms with Crippen LogP contribution in [0.1, 0.15) is 13.3 Å². The molecule has 0 aliphatic carbocycles. The van der Waals surface area contributed by atoms with Crippen molar-refractivity contribution in [2.24, 2.45) is 0 Å². The van der Waals surface area contributed by atoms with Crippen LogP contribution in [0.3, 0.4) is 0 Å². The number of carbonyl (C=O) groups is 1. The topological polar surface area (TPSA) is 101 Å². The standard InChI is InChI=1S/C19H17N7O2/c1-2-14-10-28-19(27)26(14)16-7-8-25-18(23-16)15(9-22-25)12-3-5-13(6-4-12)17-20-11-21-24-17/h3-9,11,14H,2,10H2,1H3,(H,20,21,24)/t14-/m0/s1. The smallest absolute Gasteiger partial charge is 0.415 e. The van der Waals surface area contributed by atoms with Gasteiger partial charge in [-0.25, -0.2) is 19.3 Å². The zero-order valence-electron chi connectivity index (χ0n) is 15.1. The summed E-state index contributed by atoms with van der Waals surface area (Å²) in [5.41, 5.74) is 3.44. The predicted octanol–water partition coefficient (Wildman–Crippen LogP) is 2.92. The zero-order valence-corrected chi connectivity index (χ0v) is 15.1. The fourth-order valence-corrected chi connectivity index (χ4v) is 3.39. The molecule has 4 heterocycles. The van der Waals surface area contributed by atoms with E-state index in [-0.39, 0.29) is 12.1 Å². The van der Waals surface area contributed by atoms with Crippen molar-refractivity contribution in [3.05, 3.63) is 49.1 Å². The van der Waals surface area contributed by atoms with Crippen LogP contribution in [-0.4, -0.2) is 48.5 Å². The van der Waals surface area contributed by atoms with E-state index in [0.29, 0.717) is 23.9 Å². The van der Waals surface area contributed by atoms with Crippen molar-refractivity contribution in [2.75, 3.05) is 11.5 Å². The summed E-state index contributed by atoms with van der Waals surface area (Å²) in [5, 5.41) is 11.2. The lowest BCUT2D eigenvalue weighted by Gasteiger charge is -2.19. The summed E-state index contributed by atoms with van der Waals surface area (Å²) >= 11 is 0. The quantitative estimate of drug-likeness (QED) is 0.588. The van der Waals surface area contributed by atoms with Crippen LogP contribution in [0, 0.1) is 0 Å². The number of ether oxygens (including phenoxy) is 1. The van der Waals surface area contributed by atoms with Gasteiger partial charge in [-0.1, -0.05) is 31.2 Å². The molecule has 28 heavy (non-hydrogen) atoms. The SMILES string of the molecule is CC[C@H]1COC(=O)N1c1ccn2ncc(-c3ccc(-c4nc[nH]n4)cc3)c2n1. The lowest BCUT2D eigenvalue weighted by Crippen LogP contribution is -2.33. The van der Waals surface area contributed by atoms with Gasteiger partial charge in [0.15, 0.2) is 11.5 Å². The van der Waals surface area contributed by atoms with Crippen molar-refractivity contribution in [1.82, 2.24) is 29.8 Å². The number of anilines is 1. The molecule has 0 unspecified atom stereocenters. The molecule has 0 bridgehead atoms. The molecule has 0 saturated carbocycles. The molecule has 1 aliphatic rings. The zero-order chi connectivity index (χ0) is 19.1. The van der Waals surface area contributed by atoms with Crippen LogP contribution in [0.5, 0.6) is 0 Å². The van der Waals surface area contributed by atoms with Crippen molar-refractivity contribution >= 4 is 17.6 Å². The molecular weight excluding hydrogens is 358 g/mol. The highest BCUT2D eigenvalue weighted by Crippen LogP contribution is 2.28. The van der Waals surface area contributed by atoms with Gasteiger partial charge in [-0.3, -0.25) is 10.00 Å². The molecule has 3 aromatic heterocycles. The highest BCUT2D eigenvalue weighted by molar-refractivity contribution is 5.90. The molecule has 1 aliphatic heterocycles. The minimum atomic E-state index is -0.361. The molecule has 1 saturated heterocycles. The maximum absolute atomic E-state index is 12.2. The summed E-state index contributed by atoms with van der Waals surface area (Å²) in [7, 11) is 0. The monoisotopic (exact) mass is 375 g/mol. The second-order valence-corrected chi connectivity index (χ2v) is 6.52. The maximum Gasteiger partial charge on any atom is 0.415 e. The number of H-pyrrole nitrogens is 1. The van der Waals surface area contributed by atoms with Gasteiger partial charge in [0.2, 0.25) is 0 Å². The normalized spacial score (nSPS) is 16.7. The Morgan fingerprint density at radius 1 is 1.21 bits per heavy atom. The summed E-state index contributed by atoms with van der Waals surface area (Å²) in [6, 6.07) is 9.65. The van der Waals surface area contributed by atoms with E-state index in [4.69, 9.17) is 9.72 Å². The van der Waals surface area contributed by atoms with Gasteiger partial charge in [-0.2, -0.15) is 10.2 Å². The molecule has 9 nitrogen and oxygen atoms in total. The van der Waals surface area contributed by atoms with E-state index in [1.807, 2.05) is 37.4 Å². The van der Waals surface area contributed by atoms with Gasteiger partial charge in [0.25, 0.3) is 0 Å². The molecule has 1 aromatic carbocycles. The third-order valence-corrected chi connectivity index (χ3v) is 4.90. The summed E-state index contributed by atoms with van der Waals surface area (Å²) in [6.07, 6.45) is 5.57. The third kappa shape index (κ3) is 2.59. The molecule has 1 amide bonds. The highest BCUT2D eigenvalue weighted by atomic mass is 16.6. The summed E-state index contributed by atoms with van der Waals surface area (Å²) < 4.78 is 6.89. The number of benzene rings is 1. The number of carbonyl (C=O) groups excluding carboxylic acids is 1. The number of hydrogen-bond donors (Lipinski definition) is 1. The number of hydrogen-bond acceptors (Lipinski definition) is 6. The molecule has 0 radical (unpaired) electrons. The first-order valence-corrected chi connectivity index (χ1v) is 9.01. The van der Waals surface area contributed by atoms with Gasteiger partial charge in [-0.15, -0.1) is 0 Å². The number of rotatable bonds is 4. The van der Waals surface area contributed by atoms with E-state index < -0.39 is 0 Å². The molecule has 1 atom stereocenters. The van der Waals surface area contributed by atoms with Crippen LogP contribution in [0.25, 0.3) is 28.2 Å². The van der Waals surface area contributed by atoms with Crippen molar-refractivity contribution in [1.29, 1.82) is 0 Å². The van der Waals surface area contributed by atoms with Gasteiger partial charge in [0.05, 0.1) is 12.2 Å². The Labute approximate surface area is 160 Å². The number of cyclic esters (lactones) is 1. The van der Waals surface area contributed by atoms with Crippen molar-refractivity contribution in [3.63, 3.8) is 0 Å². The van der Waals surface area contributed by atoms with E-state index in [0.717, 1.165) is 23.1 Å². The average Bonchev–Trinajstić information content (AvgIpc) is 3.47. The molecule has 4 aromatic rings. The van der Waals surface area contributed by atoms with Gasteiger partial charge < -0.3 is 4.74 Å². The minimum Gasteiger partial charge on any atom is -0.447 e. The molecular formula is C19H17N7O2. The highest BCUT2D eigenvalue weighted by Gasteiger charge is 2.34. The van der Waals surface area contributed by atoms with E-state index in [9.17, 15) is 4.79 Å². The van der Waals surface area contributed by atoms with Gasteiger partial charge in [0.1, 0.15) is 18.8 Å². The summed E-state index contributed by atoms with van der Waals surface area (Å²) in [6.45, 7) is 2.41. The molecule has 9 heteroatoms. The fourth-order valence-electron chi connectivity index (χ4n) is 3.39. The largest absolute Gasteiger partial charge is 0.447 e. The maximum atomic E-state index is 12.2. The average molecular weight is 375 g/mol. The number of nitrogens with one attached hydrogen (secondary N) is 1. The van der Waals surface area contributed by atoms with Crippen molar-refractivity contribution < 1.29 is 9.53 Å². The number of aromatic amines is 1. The number of nitrogens with zero attached hydrogens (tertiary/aromatic N) is 6. The Morgan fingerprint density at radius 3 is 2.79 bits per heavy atom. The Balaban J connectivity index is 1.54. The Morgan fingerprint density at radius 2 is 2.04 bits per heavy atom. The molecule has 0 spiro atoms. The first-order chi connectivity index (χ1) is 13.7. The van der Waals surface area contributed by atoms with Crippen LogP contribution < -0.4 is 4.90 Å². The van der Waals surface area contributed by atoms with Crippen LogP contribution >= 0.6 is 0 Å². The molecule has 5 rings (SSSR count). The van der Waals surface area contributed by atoms with E-state index in [1.165, 1.54) is 0 Å². The minimum absolute atomic E-state index is 0.00513. The molecule has 140 valence electrons. The lowest BCUT2D eigenvalue weighted by atomic mass is 10.1. The van der Waals surface area contributed by atoms with Crippen LogP contribution in [0.2, 0.25) is 0 Å². The van der Waals surface area contributed by atoms with Gasteiger partial charge in [0, 0.05) is 17.3 Å². The lowest BCUT2D eigenvalue weighted by molar-refractivity contribution is 0.178. The first kappa shape index (κ1) is 16.4. The Bertz CT molecular complexity index is 1140. The van der Waals surface area contributed by atoms with E-state index >= 15 is 0 Å². The van der Waals surface area contributed by atoms with E-state index in [1.54, 1.807) is 28.0 Å². The summed E-state index contributed by atoms with van der Waals surface area (Å²) in [5.74, 6) is 1.21. The Kier molecular flexibility index (Phi) is 3.78. The van der Waals surface area contributed by atoms with E-state index in [2.05, 4.69) is 20.3 Å². The number of amides is 1. The van der Waals surface area contributed by atoms with Crippen molar-refractivity contribution in [3.8, 4) is 22.5 Å². The first-order valence-electron chi connectivity index (χ1n) is 9.01. The molecule has 1 N–H and O–H groups in total.